The molecule has 0 unspecified atom stereocenters. The molecule has 2 fully saturated rings. The number of rotatable bonds is 6. The van der Waals surface area contributed by atoms with Crippen LogP contribution in [0.3, 0.4) is 0 Å². The van der Waals surface area contributed by atoms with E-state index in [4.69, 9.17) is 4.74 Å². The first-order valence-corrected chi connectivity index (χ1v) is 8.72. The van der Waals surface area contributed by atoms with Gasteiger partial charge in [0.1, 0.15) is 29.4 Å². The molecule has 10 heteroatoms. The summed E-state index contributed by atoms with van der Waals surface area (Å²) < 4.78 is 32.1. The molecule has 28 heavy (non-hydrogen) atoms. The molecule has 1 aromatic rings. The number of halogens is 2. The third kappa shape index (κ3) is 3.67. The molecule has 1 aliphatic heterocycles. The second-order valence-corrected chi connectivity index (χ2v) is 7.02. The Bertz CT molecular complexity index is 837. The summed E-state index contributed by atoms with van der Waals surface area (Å²) in [7, 11) is 0. The number of hydrogen-bond donors (Lipinski definition) is 2. The number of carbonyl (C=O) groups is 4. The van der Waals surface area contributed by atoms with Gasteiger partial charge in [0.05, 0.1) is 0 Å². The zero-order chi connectivity index (χ0) is 20.6. The molecule has 8 nitrogen and oxygen atoms in total. The lowest BCUT2D eigenvalue weighted by Gasteiger charge is -2.21. The maximum atomic E-state index is 13.6. The zero-order valence-electron chi connectivity index (χ0n) is 15.3. The molecule has 1 aromatic carbocycles. The van der Waals surface area contributed by atoms with E-state index >= 15 is 0 Å². The lowest BCUT2D eigenvalue weighted by atomic mass is 9.96. The number of carbonyl (C=O) groups excluding carboxylic acids is 4. The summed E-state index contributed by atoms with van der Waals surface area (Å²) in [6.45, 7) is 2.14. The number of nitrogens with zero attached hydrogens (tertiary/aromatic N) is 1. The van der Waals surface area contributed by atoms with Gasteiger partial charge in [-0.2, -0.15) is 0 Å². The second-order valence-electron chi connectivity index (χ2n) is 7.02. The highest BCUT2D eigenvalue weighted by atomic mass is 19.1. The van der Waals surface area contributed by atoms with Crippen LogP contribution in [0.15, 0.2) is 18.2 Å². The Morgan fingerprint density at radius 1 is 1.32 bits per heavy atom. The quantitative estimate of drug-likeness (QED) is 0.562. The molecule has 0 bridgehead atoms. The molecule has 3 rings (SSSR count). The number of hydrogen-bond acceptors (Lipinski definition) is 5. The van der Waals surface area contributed by atoms with Gasteiger partial charge in [0.15, 0.2) is 6.10 Å². The van der Waals surface area contributed by atoms with Gasteiger partial charge in [-0.05, 0) is 44.7 Å². The number of benzene rings is 1. The van der Waals surface area contributed by atoms with Crippen LogP contribution in [-0.4, -0.2) is 46.9 Å². The number of nitrogens with one attached hydrogen (secondary N) is 2. The molecule has 2 N–H and O–H groups in total. The van der Waals surface area contributed by atoms with Crippen molar-refractivity contribution in [3.63, 3.8) is 0 Å². The number of imide groups is 1. The lowest BCUT2D eigenvalue weighted by Crippen LogP contribution is -2.46. The maximum absolute atomic E-state index is 13.6. The molecular weight excluding hydrogens is 376 g/mol. The van der Waals surface area contributed by atoms with Crippen molar-refractivity contribution in [2.45, 2.75) is 38.3 Å². The van der Waals surface area contributed by atoms with Crippen molar-refractivity contribution in [1.82, 2.24) is 10.2 Å². The van der Waals surface area contributed by atoms with Gasteiger partial charge in [0.25, 0.3) is 11.8 Å². The van der Waals surface area contributed by atoms with Gasteiger partial charge in [-0.15, -0.1) is 0 Å². The van der Waals surface area contributed by atoms with Crippen LogP contribution in [0, 0.1) is 17.6 Å². The highest BCUT2D eigenvalue weighted by Crippen LogP contribution is 2.42. The molecule has 2 atom stereocenters. The Kier molecular flexibility index (Phi) is 5.05. The summed E-state index contributed by atoms with van der Waals surface area (Å²) >= 11 is 0. The largest absolute Gasteiger partial charge is 0.451 e. The molecule has 0 radical (unpaired) electrons. The predicted molar refractivity (Wildman–Crippen MR) is 91.9 cm³/mol. The van der Waals surface area contributed by atoms with Crippen molar-refractivity contribution in [3.8, 4) is 0 Å². The summed E-state index contributed by atoms with van der Waals surface area (Å²) in [5.41, 5.74) is -1.70. The summed E-state index contributed by atoms with van der Waals surface area (Å²) in [6, 6.07) is 2.35. The van der Waals surface area contributed by atoms with Crippen molar-refractivity contribution in [2.24, 2.45) is 5.92 Å². The van der Waals surface area contributed by atoms with Gasteiger partial charge in [-0.1, -0.05) is 6.07 Å². The van der Waals surface area contributed by atoms with Gasteiger partial charge < -0.3 is 15.4 Å². The van der Waals surface area contributed by atoms with Crippen LogP contribution in [0.2, 0.25) is 0 Å². The smallest absolute Gasteiger partial charge is 0.327 e. The van der Waals surface area contributed by atoms with Crippen LogP contribution >= 0.6 is 0 Å². The lowest BCUT2D eigenvalue weighted by molar-refractivity contribution is -0.155. The zero-order valence-corrected chi connectivity index (χ0v) is 15.3. The Morgan fingerprint density at radius 2 is 1.93 bits per heavy atom. The van der Waals surface area contributed by atoms with Crippen molar-refractivity contribution in [1.29, 1.82) is 0 Å². The molecule has 1 saturated carbocycles. The minimum atomic E-state index is -1.40. The summed E-state index contributed by atoms with van der Waals surface area (Å²) in [5, 5.41) is 4.59. The predicted octanol–water partition coefficient (Wildman–Crippen LogP) is 1.56. The van der Waals surface area contributed by atoms with Crippen LogP contribution in [0.4, 0.5) is 19.3 Å². The van der Waals surface area contributed by atoms with Crippen LogP contribution in [0.1, 0.15) is 26.7 Å². The third-order valence-electron chi connectivity index (χ3n) is 4.87. The first-order valence-electron chi connectivity index (χ1n) is 8.72. The maximum Gasteiger partial charge on any atom is 0.327 e. The number of amides is 4. The highest BCUT2D eigenvalue weighted by Gasteiger charge is 2.56. The van der Waals surface area contributed by atoms with E-state index in [9.17, 15) is 28.0 Å². The van der Waals surface area contributed by atoms with Crippen LogP contribution in [-0.2, 0) is 19.1 Å². The SMILES string of the molecule is C[C@H](OC(=O)CN1C(=O)N[C@](C)(C2CC2)C1=O)C(=O)Nc1c(F)cccc1F. The normalized spacial score (nSPS) is 22.6. The minimum Gasteiger partial charge on any atom is -0.451 e. The van der Waals surface area contributed by atoms with Crippen LogP contribution in [0.25, 0.3) is 0 Å². The van der Waals surface area contributed by atoms with Crippen molar-refractivity contribution < 1.29 is 32.7 Å². The van der Waals surface area contributed by atoms with E-state index in [1.165, 1.54) is 6.92 Å². The van der Waals surface area contributed by atoms with E-state index in [0.717, 1.165) is 35.9 Å². The van der Waals surface area contributed by atoms with Gasteiger partial charge >= 0.3 is 12.0 Å². The van der Waals surface area contributed by atoms with Gasteiger partial charge in [-0.25, -0.2) is 13.6 Å². The average Bonchev–Trinajstić information content (AvgIpc) is 3.44. The van der Waals surface area contributed by atoms with Crippen LogP contribution < -0.4 is 10.6 Å². The fraction of sp³-hybridized carbons (Fsp3) is 0.444. The molecule has 2 aliphatic rings. The van der Waals surface area contributed by atoms with Crippen molar-refractivity contribution >= 4 is 29.5 Å². The molecule has 0 aromatic heterocycles. The Morgan fingerprint density at radius 3 is 2.50 bits per heavy atom. The fourth-order valence-electron chi connectivity index (χ4n) is 3.06. The number of urea groups is 1. The minimum absolute atomic E-state index is 0.0327. The molecule has 1 saturated heterocycles. The Hall–Kier alpha value is -3.04. The molecule has 150 valence electrons. The van der Waals surface area contributed by atoms with Crippen LogP contribution in [0.5, 0.6) is 0 Å². The second kappa shape index (κ2) is 7.17. The average molecular weight is 395 g/mol. The molecule has 1 aliphatic carbocycles. The number of anilines is 1. The molecule has 4 amide bonds. The topological polar surface area (TPSA) is 105 Å². The van der Waals surface area contributed by atoms with Crippen molar-refractivity contribution in [2.75, 3.05) is 11.9 Å². The van der Waals surface area contributed by atoms with Crippen molar-refractivity contribution in [3.05, 3.63) is 29.8 Å². The number of para-hydroxylation sites is 1. The fourth-order valence-corrected chi connectivity index (χ4v) is 3.06. The van der Waals surface area contributed by atoms with E-state index in [2.05, 4.69) is 5.32 Å². The first-order chi connectivity index (χ1) is 13.1. The summed E-state index contributed by atoms with van der Waals surface area (Å²) in [5.74, 6) is -4.42. The Labute approximate surface area is 159 Å². The van der Waals surface area contributed by atoms with Gasteiger partial charge in [-0.3, -0.25) is 19.3 Å². The molecule has 1 heterocycles. The molecule has 0 spiro atoms. The highest BCUT2D eigenvalue weighted by molar-refractivity contribution is 6.09. The standard InChI is InChI=1S/C18H19F2N3O5/c1-9(15(25)21-14-11(19)4-3-5-12(14)20)28-13(24)8-23-16(26)18(2,10-6-7-10)22-17(23)27/h3-5,9-10H,6-8H2,1-2H3,(H,21,25)(H,22,27)/t9-,18+/m0/s1. The van der Waals surface area contributed by atoms with E-state index in [1.54, 1.807) is 6.92 Å². The van der Waals surface area contributed by atoms with E-state index in [-0.39, 0.29) is 5.92 Å². The van der Waals surface area contributed by atoms with Gasteiger partial charge in [0.2, 0.25) is 0 Å². The first kappa shape index (κ1) is 19.7. The number of esters is 1. The Balaban J connectivity index is 1.58. The monoisotopic (exact) mass is 395 g/mol. The number of ether oxygens (including phenoxy) is 1. The summed E-state index contributed by atoms with van der Waals surface area (Å²) in [4.78, 5) is 49.3. The summed E-state index contributed by atoms with van der Waals surface area (Å²) in [6.07, 6.45) is 0.219. The van der Waals surface area contributed by atoms with E-state index < -0.39 is 59.3 Å². The molecular formula is C18H19F2N3O5. The van der Waals surface area contributed by atoms with E-state index in [1.807, 2.05) is 5.32 Å². The van der Waals surface area contributed by atoms with Gasteiger partial charge in [0, 0.05) is 0 Å². The third-order valence-corrected chi connectivity index (χ3v) is 4.87. The van der Waals surface area contributed by atoms with E-state index in [0.29, 0.717) is 0 Å².